The first kappa shape index (κ1) is 13.4. The lowest BCUT2D eigenvalue weighted by Crippen LogP contribution is -2.43. The standard InChI is InChI=1S/C8H14N4O4S/c1-8(2,17(3,14)15)4-10-7(13)5-6(9)12-16-11-5/h4H2,1-3H3,(H2,9,12)(H,10,13). The maximum Gasteiger partial charge on any atom is 0.277 e. The molecule has 1 rings (SSSR count). The molecular formula is C8H14N4O4S. The molecule has 0 spiro atoms. The summed E-state index contributed by atoms with van der Waals surface area (Å²) >= 11 is 0. The summed E-state index contributed by atoms with van der Waals surface area (Å²) in [6, 6.07) is 0. The van der Waals surface area contributed by atoms with Gasteiger partial charge in [-0.3, -0.25) is 4.79 Å². The van der Waals surface area contributed by atoms with E-state index in [1.165, 1.54) is 13.8 Å². The third kappa shape index (κ3) is 2.93. The molecule has 0 bridgehead atoms. The van der Waals surface area contributed by atoms with Crippen molar-refractivity contribution in [3.8, 4) is 0 Å². The van der Waals surface area contributed by atoms with Crippen LogP contribution in [-0.2, 0) is 9.84 Å². The van der Waals surface area contributed by atoms with Crippen molar-refractivity contribution >= 4 is 21.6 Å². The number of hydrogen-bond donors (Lipinski definition) is 2. The fraction of sp³-hybridized carbons (Fsp3) is 0.625. The number of nitrogen functional groups attached to an aromatic ring is 1. The van der Waals surface area contributed by atoms with Crippen LogP contribution in [0.1, 0.15) is 24.3 Å². The Bertz CT molecular complexity index is 519. The minimum Gasteiger partial charge on any atom is -0.379 e. The van der Waals surface area contributed by atoms with Crippen molar-refractivity contribution in [2.45, 2.75) is 18.6 Å². The summed E-state index contributed by atoms with van der Waals surface area (Å²) in [7, 11) is -3.28. The average molecular weight is 262 g/mol. The second-order valence-corrected chi connectivity index (χ2v) is 6.86. The van der Waals surface area contributed by atoms with Gasteiger partial charge in [-0.25, -0.2) is 13.0 Å². The lowest BCUT2D eigenvalue weighted by molar-refractivity contribution is 0.0941. The molecule has 0 aliphatic carbocycles. The summed E-state index contributed by atoms with van der Waals surface area (Å²) < 4.78 is 26.0. The van der Waals surface area contributed by atoms with E-state index < -0.39 is 20.5 Å². The van der Waals surface area contributed by atoms with Crippen molar-refractivity contribution < 1.29 is 17.8 Å². The predicted molar refractivity (Wildman–Crippen MR) is 60.0 cm³/mol. The van der Waals surface area contributed by atoms with Gasteiger partial charge in [0.05, 0.1) is 4.75 Å². The van der Waals surface area contributed by atoms with Crippen LogP contribution < -0.4 is 11.1 Å². The Morgan fingerprint density at radius 3 is 2.47 bits per heavy atom. The molecule has 96 valence electrons. The molecule has 0 aliphatic heterocycles. The molecule has 1 heterocycles. The highest BCUT2D eigenvalue weighted by Gasteiger charge is 2.31. The summed E-state index contributed by atoms with van der Waals surface area (Å²) in [6.45, 7) is 2.96. The Kier molecular flexibility index (Phi) is 3.41. The fourth-order valence-corrected chi connectivity index (χ4v) is 1.20. The number of carbonyl (C=O) groups excluding carboxylic acids is 1. The first-order valence-electron chi connectivity index (χ1n) is 4.71. The average Bonchev–Trinajstić information content (AvgIpc) is 2.59. The highest BCUT2D eigenvalue weighted by molar-refractivity contribution is 7.92. The summed E-state index contributed by atoms with van der Waals surface area (Å²) in [4.78, 5) is 11.6. The van der Waals surface area contributed by atoms with Crippen LogP contribution in [-0.4, -0.2) is 42.2 Å². The second-order valence-electron chi connectivity index (χ2n) is 4.21. The molecule has 0 aliphatic rings. The van der Waals surface area contributed by atoms with Gasteiger partial charge in [-0.05, 0) is 24.2 Å². The molecule has 9 heteroatoms. The second kappa shape index (κ2) is 4.32. The smallest absolute Gasteiger partial charge is 0.277 e. The van der Waals surface area contributed by atoms with Gasteiger partial charge >= 0.3 is 0 Å². The molecule has 0 unspecified atom stereocenters. The molecule has 1 amide bonds. The van der Waals surface area contributed by atoms with Gasteiger partial charge in [-0.1, -0.05) is 0 Å². The zero-order valence-electron chi connectivity index (χ0n) is 9.72. The number of nitrogens with zero attached hydrogens (tertiary/aromatic N) is 2. The van der Waals surface area contributed by atoms with Crippen molar-refractivity contribution in [3.05, 3.63) is 5.69 Å². The van der Waals surface area contributed by atoms with Crippen LogP contribution in [0.15, 0.2) is 4.63 Å². The highest BCUT2D eigenvalue weighted by Crippen LogP contribution is 2.14. The Labute approximate surface area is 98.4 Å². The van der Waals surface area contributed by atoms with E-state index in [1.54, 1.807) is 0 Å². The molecule has 0 atom stereocenters. The quantitative estimate of drug-likeness (QED) is 0.727. The minimum atomic E-state index is -3.28. The number of anilines is 1. The molecule has 8 nitrogen and oxygen atoms in total. The van der Waals surface area contributed by atoms with E-state index >= 15 is 0 Å². The van der Waals surface area contributed by atoms with Gasteiger partial charge in [-0.15, -0.1) is 0 Å². The third-order valence-corrected chi connectivity index (χ3v) is 4.56. The Balaban J connectivity index is 2.71. The van der Waals surface area contributed by atoms with Gasteiger partial charge in [0.25, 0.3) is 5.91 Å². The zero-order chi connectivity index (χ0) is 13.3. The van der Waals surface area contributed by atoms with E-state index in [2.05, 4.69) is 20.3 Å². The zero-order valence-corrected chi connectivity index (χ0v) is 10.5. The maximum atomic E-state index is 11.6. The Morgan fingerprint density at radius 2 is 2.06 bits per heavy atom. The van der Waals surface area contributed by atoms with Gasteiger partial charge in [0.2, 0.25) is 11.5 Å². The van der Waals surface area contributed by atoms with E-state index in [1.807, 2.05) is 0 Å². The van der Waals surface area contributed by atoms with Crippen molar-refractivity contribution in [3.63, 3.8) is 0 Å². The highest BCUT2D eigenvalue weighted by atomic mass is 32.2. The number of hydrogen-bond acceptors (Lipinski definition) is 7. The van der Waals surface area contributed by atoms with Crippen LogP contribution in [0, 0.1) is 0 Å². The number of nitrogens with one attached hydrogen (secondary N) is 1. The molecule has 1 aromatic rings. The number of amides is 1. The summed E-state index contributed by atoms with van der Waals surface area (Å²) in [5, 5.41) is 8.96. The van der Waals surface area contributed by atoms with Crippen LogP contribution in [0.4, 0.5) is 5.82 Å². The molecule has 0 saturated carbocycles. The number of nitrogens with two attached hydrogens (primary N) is 1. The van der Waals surface area contributed by atoms with Gasteiger partial charge in [0.1, 0.15) is 0 Å². The summed E-state index contributed by atoms with van der Waals surface area (Å²) in [6.07, 6.45) is 1.10. The van der Waals surface area contributed by atoms with Crippen molar-refractivity contribution in [2.75, 3.05) is 18.5 Å². The molecule has 17 heavy (non-hydrogen) atoms. The van der Waals surface area contributed by atoms with Gasteiger partial charge in [0, 0.05) is 12.8 Å². The van der Waals surface area contributed by atoms with Gasteiger partial charge in [-0.2, -0.15) is 0 Å². The van der Waals surface area contributed by atoms with E-state index in [-0.39, 0.29) is 18.1 Å². The molecule has 1 aromatic heterocycles. The van der Waals surface area contributed by atoms with Crippen molar-refractivity contribution in [1.29, 1.82) is 0 Å². The van der Waals surface area contributed by atoms with Crippen LogP contribution in [0.3, 0.4) is 0 Å². The van der Waals surface area contributed by atoms with E-state index in [9.17, 15) is 13.2 Å². The number of carbonyl (C=O) groups is 1. The van der Waals surface area contributed by atoms with Crippen molar-refractivity contribution in [2.24, 2.45) is 0 Å². The number of sulfone groups is 1. The summed E-state index contributed by atoms with van der Waals surface area (Å²) in [5.74, 6) is -0.764. The third-order valence-electron chi connectivity index (χ3n) is 2.41. The van der Waals surface area contributed by atoms with Crippen LogP contribution >= 0.6 is 0 Å². The molecule has 0 aromatic carbocycles. The van der Waals surface area contributed by atoms with Gasteiger partial charge in [0.15, 0.2) is 9.84 Å². The van der Waals surface area contributed by atoms with E-state index in [0.717, 1.165) is 6.26 Å². The summed E-state index contributed by atoms with van der Waals surface area (Å²) in [5.41, 5.74) is 5.16. The lowest BCUT2D eigenvalue weighted by atomic mass is 10.2. The number of rotatable bonds is 4. The topological polar surface area (TPSA) is 128 Å². The Morgan fingerprint density at radius 1 is 1.47 bits per heavy atom. The molecule has 0 radical (unpaired) electrons. The minimum absolute atomic E-state index is 0.0586. The lowest BCUT2D eigenvalue weighted by Gasteiger charge is -2.22. The number of aromatic nitrogens is 2. The Hall–Kier alpha value is -1.64. The first-order chi connectivity index (χ1) is 7.65. The predicted octanol–water partition coefficient (Wildman–Crippen LogP) is -0.795. The van der Waals surface area contributed by atoms with Crippen LogP contribution in [0.2, 0.25) is 0 Å². The van der Waals surface area contributed by atoms with Crippen molar-refractivity contribution in [1.82, 2.24) is 15.6 Å². The van der Waals surface area contributed by atoms with Crippen LogP contribution in [0.5, 0.6) is 0 Å². The van der Waals surface area contributed by atoms with Gasteiger partial charge < -0.3 is 11.1 Å². The SMILES string of the molecule is CC(C)(CNC(=O)c1nonc1N)S(C)(=O)=O. The van der Waals surface area contributed by atoms with E-state index in [4.69, 9.17) is 5.73 Å². The normalized spacial score (nSPS) is 12.4. The molecule has 3 N–H and O–H groups in total. The largest absolute Gasteiger partial charge is 0.379 e. The fourth-order valence-electron chi connectivity index (χ4n) is 0.861. The molecular weight excluding hydrogens is 248 g/mol. The maximum absolute atomic E-state index is 11.6. The molecule has 0 saturated heterocycles. The van der Waals surface area contributed by atoms with Crippen LogP contribution in [0.25, 0.3) is 0 Å². The first-order valence-corrected chi connectivity index (χ1v) is 6.60. The molecule has 0 fully saturated rings. The monoisotopic (exact) mass is 262 g/mol. The van der Waals surface area contributed by atoms with E-state index in [0.29, 0.717) is 0 Å².